The number of methoxy groups -OCH3 is 1. The number of pyridine rings is 1. The molecule has 2 N–H and O–H groups in total. The molecule has 1 aliphatic carbocycles. The molecule has 0 bridgehead atoms. The molecule has 0 aliphatic heterocycles. The molecule has 0 atom stereocenters. The first-order valence-corrected chi connectivity index (χ1v) is 11.9. The Hall–Kier alpha value is -2.60. The molecule has 1 saturated carbocycles. The second-order valence-electron chi connectivity index (χ2n) is 10.3. The minimum absolute atomic E-state index is 0.367. The number of nitrogens with one attached hydrogen (secondary N) is 1. The number of carboxylic acid groups (broad SMARTS) is 1. The lowest BCUT2D eigenvalue weighted by Crippen LogP contribution is -2.48. The summed E-state index contributed by atoms with van der Waals surface area (Å²) in [6.45, 7) is 11.3. The van der Waals surface area contributed by atoms with Gasteiger partial charge in [0.25, 0.3) is 0 Å². The zero-order valence-corrected chi connectivity index (χ0v) is 20.9. The lowest BCUT2D eigenvalue weighted by atomic mass is 9.85. The molecule has 1 aliphatic rings. The van der Waals surface area contributed by atoms with Crippen molar-refractivity contribution in [2.24, 2.45) is 5.92 Å². The molecular weight excluding hydrogens is 414 g/mol. The fraction of sp³-hybridized carbons (Fsp3) is 0.556. The first-order valence-electron chi connectivity index (χ1n) is 11.9. The molecule has 180 valence electrons. The van der Waals surface area contributed by atoms with Crippen LogP contribution in [0.1, 0.15) is 63.4 Å². The number of aryl methyl sites for hydroxylation is 2. The maximum absolute atomic E-state index is 11.7. The van der Waals surface area contributed by atoms with Crippen LogP contribution in [0, 0.1) is 19.8 Å². The van der Waals surface area contributed by atoms with Crippen molar-refractivity contribution in [1.82, 2.24) is 15.2 Å². The Labute approximate surface area is 198 Å². The third kappa shape index (κ3) is 6.70. The van der Waals surface area contributed by atoms with Crippen molar-refractivity contribution in [3.8, 4) is 16.9 Å². The zero-order valence-electron chi connectivity index (χ0n) is 20.9. The molecule has 1 amide bonds. The second kappa shape index (κ2) is 10.6. The zero-order chi connectivity index (χ0) is 24.2. The third-order valence-electron chi connectivity index (χ3n) is 6.60. The highest BCUT2D eigenvalue weighted by Crippen LogP contribution is 2.30. The monoisotopic (exact) mass is 453 g/mol. The Morgan fingerprint density at radius 2 is 1.73 bits per heavy atom. The van der Waals surface area contributed by atoms with Crippen molar-refractivity contribution in [3.63, 3.8) is 0 Å². The van der Waals surface area contributed by atoms with E-state index in [-0.39, 0.29) is 5.54 Å². The number of benzene rings is 1. The molecular formula is C27H39N3O3. The molecule has 33 heavy (non-hydrogen) atoms. The highest BCUT2D eigenvalue weighted by atomic mass is 16.5. The van der Waals surface area contributed by atoms with E-state index >= 15 is 0 Å². The number of hydrogen-bond acceptors (Lipinski definition) is 4. The van der Waals surface area contributed by atoms with E-state index < -0.39 is 6.09 Å². The first kappa shape index (κ1) is 25.0. The van der Waals surface area contributed by atoms with Gasteiger partial charge < -0.3 is 20.1 Å². The van der Waals surface area contributed by atoms with Crippen molar-refractivity contribution < 1.29 is 14.6 Å². The summed E-state index contributed by atoms with van der Waals surface area (Å²) in [4.78, 5) is 17.7. The van der Waals surface area contributed by atoms with Gasteiger partial charge in [-0.05, 0) is 102 Å². The maximum Gasteiger partial charge on any atom is 0.407 e. The number of amides is 1. The van der Waals surface area contributed by atoms with Crippen molar-refractivity contribution in [2.45, 2.75) is 78.4 Å². The van der Waals surface area contributed by atoms with Crippen LogP contribution in [0.3, 0.4) is 0 Å². The van der Waals surface area contributed by atoms with E-state index in [1.807, 2.05) is 40.7 Å². The SMILES string of the molecule is COc1ccc(-c2cc(C)nc(C)c2)cc1CNC1CCC(CN(C(=O)O)C(C)(C)C)CC1. The number of nitrogens with zero attached hydrogens (tertiary/aromatic N) is 2. The van der Waals surface area contributed by atoms with E-state index in [0.29, 0.717) is 18.5 Å². The Morgan fingerprint density at radius 3 is 2.27 bits per heavy atom. The molecule has 0 unspecified atom stereocenters. The van der Waals surface area contributed by atoms with Gasteiger partial charge in [0, 0.05) is 41.6 Å². The summed E-state index contributed by atoms with van der Waals surface area (Å²) in [5, 5.41) is 13.3. The van der Waals surface area contributed by atoms with Crippen LogP contribution in [0.15, 0.2) is 30.3 Å². The Balaban J connectivity index is 1.61. The summed E-state index contributed by atoms with van der Waals surface area (Å²) < 4.78 is 5.63. The summed E-state index contributed by atoms with van der Waals surface area (Å²) in [7, 11) is 1.72. The molecule has 1 fully saturated rings. The lowest BCUT2D eigenvalue weighted by molar-refractivity contribution is 0.0812. The van der Waals surface area contributed by atoms with Gasteiger partial charge in [-0.15, -0.1) is 0 Å². The van der Waals surface area contributed by atoms with Gasteiger partial charge in [-0.2, -0.15) is 0 Å². The van der Waals surface area contributed by atoms with Gasteiger partial charge in [0.2, 0.25) is 0 Å². The van der Waals surface area contributed by atoms with Gasteiger partial charge >= 0.3 is 6.09 Å². The van der Waals surface area contributed by atoms with Crippen molar-refractivity contribution in [1.29, 1.82) is 0 Å². The van der Waals surface area contributed by atoms with Crippen LogP contribution in [-0.2, 0) is 6.54 Å². The van der Waals surface area contributed by atoms with E-state index in [9.17, 15) is 9.90 Å². The van der Waals surface area contributed by atoms with Crippen molar-refractivity contribution in [2.75, 3.05) is 13.7 Å². The second-order valence-corrected chi connectivity index (χ2v) is 10.3. The average Bonchev–Trinajstić information content (AvgIpc) is 2.75. The lowest BCUT2D eigenvalue weighted by Gasteiger charge is -2.38. The van der Waals surface area contributed by atoms with E-state index in [0.717, 1.165) is 54.9 Å². The van der Waals surface area contributed by atoms with Gasteiger partial charge in [-0.3, -0.25) is 4.98 Å². The van der Waals surface area contributed by atoms with Crippen LogP contribution < -0.4 is 10.1 Å². The standard InChI is InChI=1S/C27H39N3O3/c1-18-13-22(14-19(2)29-18)21-9-12-25(33-6)23(15-21)16-28-24-10-7-20(8-11-24)17-30(26(31)32)27(3,4)5/h9,12-15,20,24,28H,7-8,10-11,16-17H2,1-6H3,(H,31,32). The smallest absolute Gasteiger partial charge is 0.407 e. The fourth-order valence-corrected chi connectivity index (χ4v) is 4.80. The molecule has 1 heterocycles. The number of ether oxygens (including phenoxy) is 1. The number of aromatic nitrogens is 1. The molecule has 0 saturated heterocycles. The molecule has 6 heteroatoms. The van der Waals surface area contributed by atoms with Crippen LogP contribution in [-0.4, -0.2) is 46.3 Å². The molecule has 0 radical (unpaired) electrons. The molecule has 1 aromatic heterocycles. The fourth-order valence-electron chi connectivity index (χ4n) is 4.80. The summed E-state index contributed by atoms with van der Waals surface area (Å²) in [5.41, 5.74) is 5.16. The first-order chi connectivity index (χ1) is 15.6. The van der Waals surface area contributed by atoms with Crippen LogP contribution in [0.2, 0.25) is 0 Å². The van der Waals surface area contributed by atoms with Crippen LogP contribution in [0.5, 0.6) is 5.75 Å². The van der Waals surface area contributed by atoms with E-state index in [4.69, 9.17) is 4.74 Å². The molecule has 2 aromatic rings. The number of rotatable bonds is 7. The third-order valence-corrected chi connectivity index (χ3v) is 6.60. The van der Waals surface area contributed by atoms with Crippen LogP contribution in [0.4, 0.5) is 4.79 Å². The predicted molar refractivity (Wildman–Crippen MR) is 133 cm³/mol. The van der Waals surface area contributed by atoms with E-state index in [1.54, 1.807) is 12.0 Å². The number of hydrogen-bond donors (Lipinski definition) is 2. The molecule has 6 nitrogen and oxygen atoms in total. The summed E-state index contributed by atoms with van der Waals surface area (Å²) in [5.74, 6) is 1.32. The van der Waals surface area contributed by atoms with Gasteiger partial charge in [-0.25, -0.2) is 4.79 Å². The van der Waals surface area contributed by atoms with Gasteiger partial charge in [0.05, 0.1) is 7.11 Å². The van der Waals surface area contributed by atoms with Crippen LogP contribution in [0.25, 0.3) is 11.1 Å². The quantitative estimate of drug-likeness (QED) is 0.554. The normalized spacial score (nSPS) is 18.7. The Bertz CT molecular complexity index is 939. The van der Waals surface area contributed by atoms with Crippen LogP contribution >= 0.6 is 0 Å². The van der Waals surface area contributed by atoms with Gasteiger partial charge in [-0.1, -0.05) is 6.07 Å². The van der Waals surface area contributed by atoms with E-state index in [2.05, 4.69) is 34.6 Å². The van der Waals surface area contributed by atoms with Crippen molar-refractivity contribution in [3.05, 3.63) is 47.3 Å². The molecule has 0 spiro atoms. The maximum atomic E-state index is 11.7. The van der Waals surface area contributed by atoms with E-state index in [1.165, 1.54) is 11.1 Å². The summed E-state index contributed by atoms with van der Waals surface area (Å²) in [6, 6.07) is 11.0. The molecule has 3 rings (SSSR count). The summed E-state index contributed by atoms with van der Waals surface area (Å²) >= 11 is 0. The Kier molecular flexibility index (Phi) is 8.01. The Morgan fingerprint density at radius 1 is 1.09 bits per heavy atom. The largest absolute Gasteiger partial charge is 0.496 e. The highest BCUT2D eigenvalue weighted by Gasteiger charge is 2.30. The average molecular weight is 454 g/mol. The summed E-state index contributed by atoms with van der Waals surface area (Å²) in [6.07, 6.45) is 3.39. The molecule has 1 aromatic carbocycles. The van der Waals surface area contributed by atoms with Gasteiger partial charge in [0.15, 0.2) is 0 Å². The van der Waals surface area contributed by atoms with Gasteiger partial charge in [0.1, 0.15) is 5.75 Å². The number of carbonyl (C=O) groups is 1. The topological polar surface area (TPSA) is 74.7 Å². The predicted octanol–water partition coefficient (Wildman–Crippen LogP) is 5.80. The minimum Gasteiger partial charge on any atom is -0.496 e. The van der Waals surface area contributed by atoms with Crippen molar-refractivity contribution >= 4 is 6.09 Å². The highest BCUT2D eigenvalue weighted by molar-refractivity contribution is 5.67. The minimum atomic E-state index is -0.825.